The van der Waals surface area contributed by atoms with Gasteiger partial charge in [-0.1, -0.05) is 12.1 Å². The number of aromatic nitrogens is 4. The maximum atomic E-state index is 13.3. The largest absolute Gasteiger partial charge is 0.354 e. The Kier molecular flexibility index (Phi) is 6.30. The summed E-state index contributed by atoms with van der Waals surface area (Å²) >= 11 is 1.61. The van der Waals surface area contributed by atoms with Crippen LogP contribution in [0.4, 0.5) is 5.82 Å². The van der Waals surface area contributed by atoms with Gasteiger partial charge in [-0.2, -0.15) is 5.10 Å². The van der Waals surface area contributed by atoms with Crippen molar-refractivity contribution in [2.75, 3.05) is 38.1 Å². The molecule has 5 heterocycles. The van der Waals surface area contributed by atoms with E-state index in [0.717, 1.165) is 59.2 Å². The number of hydrogen-bond donors (Lipinski definition) is 1. The molecule has 0 spiro atoms. The lowest BCUT2D eigenvalue weighted by Gasteiger charge is -2.33. The standard InChI is InChI=1S/C25H29N7OS/c1-17(2)32-24-20(16-28-32)19(13-21(29-24)22-5-4-12-34-22)25(33)27-15-18-6-7-23(26-14-18)31-10-8-30(3)9-11-31/h4-7,12-14,16-17H,8-11,15H2,1-3H3,(H,27,33). The number of piperazine rings is 1. The molecule has 9 heteroatoms. The van der Waals surface area contributed by atoms with Gasteiger partial charge in [-0.3, -0.25) is 4.79 Å². The Morgan fingerprint density at radius 1 is 1.15 bits per heavy atom. The fraction of sp³-hybridized carbons (Fsp3) is 0.360. The van der Waals surface area contributed by atoms with Crippen molar-refractivity contribution < 1.29 is 4.79 Å². The molecule has 0 unspecified atom stereocenters. The van der Waals surface area contributed by atoms with Crippen molar-refractivity contribution in [2.45, 2.75) is 26.4 Å². The second kappa shape index (κ2) is 9.52. The van der Waals surface area contributed by atoms with Gasteiger partial charge in [0.15, 0.2) is 5.65 Å². The van der Waals surface area contributed by atoms with Gasteiger partial charge < -0.3 is 15.1 Å². The molecule has 0 aliphatic carbocycles. The zero-order chi connectivity index (χ0) is 23.7. The number of carbonyl (C=O) groups excluding carboxylic acids is 1. The van der Waals surface area contributed by atoms with Crippen molar-refractivity contribution in [3.8, 4) is 10.6 Å². The lowest BCUT2D eigenvalue weighted by molar-refractivity contribution is 0.0952. The maximum absolute atomic E-state index is 13.3. The molecule has 1 aliphatic heterocycles. The van der Waals surface area contributed by atoms with Crippen molar-refractivity contribution in [1.29, 1.82) is 0 Å². The highest BCUT2D eigenvalue weighted by molar-refractivity contribution is 7.13. The molecular weight excluding hydrogens is 446 g/mol. The Morgan fingerprint density at radius 2 is 1.97 bits per heavy atom. The van der Waals surface area contributed by atoms with E-state index >= 15 is 0 Å². The topological polar surface area (TPSA) is 79.2 Å². The van der Waals surface area contributed by atoms with Gasteiger partial charge in [0.25, 0.3) is 5.91 Å². The van der Waals surface area contributed by atoms with Crippen LogP contribution in [0, 0.1) is 0 Å². The van der Waals surface area contributed by atoms with Crippen LogP contribution < -0.4 is 10.2 Å². The van der Waals surface area contributed by atoms with Crippen LogP contribution in [-0.2, 0) is 6.54 Å². The van der Waals surface area contributed by atoms with Gasteiger partial charge in [-0.25, -0.2) is 14.6 Å². The number of carbonyl (C=O) groups is 1. The summed E-state index contributed by atoms with van der Waals surface area (Å²) in [7, 11) is 2.14. The van der Waals surface area contributed by atoms with Crippen LogP contribution in [0.3, 0.4) is 0 Å². The van der Waals surface area contributed by atoms with Crippen LogP contribution in [-0.4, -0.2) is 63.8 Å². The predicted octanol–water partition coefficient (Wildman–Crippen LogP) is 3.82. The molecule has 4 aromatic heterocycles. The number of thiophene rings is 1. The first-order valence-electron chi connectivity index (χ1n) is 11.6. The highest BCUT2D eigenvalue weighted by atomic mass is 32.1. The number of nitrogens with zero attached hydrogens (tertiary/aromatic N) is 6. The van der Waals surface area contributed by atoms with Crippen molar-refractivity contribution in [2.24, 2.45) is 0 Å². The lowest BCUT2D eigenvalue weighted by atomic mass is 10.1. The van der Waals surface area contributed by atoms with Gasteiger partial charge in [0.05, 0.1) is 27.7 Å². The minimum absolute atomic E-state index is 0.142. The normalized spacial score (nSPS) is 14.8. The molecule has 0 saturated carbocycles. The van der Waals surface area contributed by atoms with Gasteiger partial charge in [0.2, 0.25) is 0 Å². The summed E-state index contributed by atoms with van der Waals surface area (Å²) in [5.74, 6) is 0.845. The third-order valence-electron chi connectivity index (χ3n) is 6.16. The average molecular weight is 476 g/mol. The number of rotatable bonds is 6. The van der Waals surface area contributed by atoms with E-state index in [2.05, 4.69) is 46.1 Å². The monoisotopic (exact) mass is 475 g/mol. The summed E-state index contributed by atoms with van der Waals surface area (Å²) in [5.41, 5.74) is 3.06. The first-order valence-corrected chi connectivity index (χ1v) is 12.5. The first-order chi connectivity index (χ1) is 16.5. The van der Waals surface area contributed by atoms with Crippen LogP contribution in [0.1, 0.15) is 35.8 Å². The number of pyridine rings is 2. The maximum Gasteiger partial charge on any atom is 0.252 e. The van der Waals surface area contributed by atoms with Crippen LogP contribution in [0.2, 0.25) is 0 Å². The molecule has 1 N–H and O–H groups in total. The fourth-order valence-corrected chi connectivity index (χ4v) is 4.84. The second-order valence-corrected chi connectivity index (χ2v) is 9.90. The number of hydrogen-bond acceptors (Lipinski definition) is 7. The SMILES string of the molecule is CC(C)n1ncc2c(C(=O)NCc3ccc(N4CCN(C)CC4)nc3)cc(-c3cccs3)nc21. The highest BCUT2D eigenvalue weighted by Crippen LogP contribution is 2.29. The van der Waals surface area contributed by atoms with Crippen molar-refractivity contribution in [1.82, 2.24) is 30.0 Å². The summed E-state index contributed by atoms with van der Waals surface area (Å²) in [4.78, 5) is 28.4. The van der Waals surface area contributed by atoms with E-state index < -0.39 is 0 Å². The van der Waals surface area contributed by atoms with Gasteiger partial charge in [0, 0.05) is 45.0 Å². The highest BCUT2D eigenvalue weighted by Gasteiger charge is 2.19. The van der Waals surface area contributed by atoms with E-state index in [1.54, 1.807) is 17.5 Å². The average Bonchev–Trinajstić information content (AvgIpc) is 3.53. The van der Waals surface area contributed by atoms with Gasteiger partial charge >= 0.3 is 0 Å². The van der Waals surface area contributed by atoms with E-state index in [1.165, 1.54) is 0 Å². The molecule has 1 aliphatic rings. The summed E-state index contributed by atoms with van der Waals surface area (Å²) < 4.78 is 1.87. The summed E-state index contributed by atoms with van der Waals surface area (Å²) in [5, 5.41) is 10.3. The molecule has 5 rings (SSSR count). The van der Waals surface area contributed by atoms with E-state index in [9.17, 15) is 4.79 Å². The van der Waals surface area contributed by atoms with E-state index in [-0.39, 0.29) is 11.9 Å². The number of anilines is 1. The molecule has 176 valence electrons. The zero-order valence-corrected chi connectivity index (χ0v) is 20.5. The number of fused-ring (bicyclic) bond motifs is 1. The van der Waals surface area contributed by atoms with E-state index in [4.69, 9.17) is 4.98 Å². The summed E-state index contributed by atoms with van der Waals surface area (Å²) in [6, 6.07) is 10.1. The predicted molar refractivity (Wildman–Crippen MR) is 136 cm³/mol. The van der Waals surface area contributed by atoms with E-state index in [0.29, 0.717) is 12.1 Å². The van der Waals surface area contributed by atoms with Crippen molar-refractivity contribution in [3.63, 3.8) is 0 Å². The molecule has 8 nitrogen and oxygen atoms in total. The smallest absolute Gasteiger partial charge is 0.252 e. The minimum atomic E-state index is -0.142. The van der Waals surface area contributed by atoms with Gasteiger partial charge in [-0.05, 0) is 50.0 Å². The summed E-state index contributed by atoms with van der Waals surface area (Å²) in [6.07, 6.45) is 3.59. The second-order valence-electron chi connectivity index (χ2n) is 8.95. The number of amides is 1. The molecule has 1 amide bonds. The van der Waals surface area contributed by atoms with Crippen LogP contribution in [0.25, 0.3) is 21.6 Å². The molecular formula is C25H29N7OS. The molecule has 4 aromatic rings. The number of nitrogens with one attached hydrogen (secondary N) is 1. The molecule has 0 aromatic carbocycles. The van der Waals surface area contributed by atoms with Crippen LogP contribution >= 0.6 is 11.3 Å². The quantitative estimate of drug-likeness (QED) is 0.457. The van der Waals surface area contributed by atoms with Crippen molar-refractivity contribution in [3.05, 3.63) is 59.2 Å². The molecule has 0 radical (unpaired) electrons. The Hall–Kier alpha value is -3.30. The Balaban J connectivity index is 1.35. The third kappa shape index (κ3) is 4.53. The van der Waals surface area contributed by atoms with Crippen LogP contribution in [0.15, 0.2) is 48.1 Å². The fourth-order valence-electron chi connectivity index (χ4n) is 4.16. The van der Waals surface area contributed by atoms with E-state index in [1.807, 2.05) is 46.6 Å². The molecule has 34 heavy (non-hydrogen) atoms. The molecule has 0 atom stereocenters. The molecule has 1 fully saturated rings. The Bertz CT molecular complexity index is 1270. The first kappa shape index (κ1) is 22.5. The molecule has 1 saturated heterocycles. The Labute approximate surface area is 203 Å². The summed E-state index contributed by atoms with van der Waals surface area (Å²) in [6.45, 7) is 8.57. The molecule has 0 bridgehead atoms. The van der Waals surface area contributed by atoms with Gasteiger partial charge in [0.1, 0.15) is 5.82 Å². The minimum Gasteiger partial charge on any atom is -0.354 e. The third-order valence-corrected chi connectivity index (χ3v) is 7.06. The van der Waals surface area contributed by atoms with Crippen molar-refractivity contribution >= 4 is 34.1 Å². The lowest BCUT2D eigenvalue weighted by Crippen LogP contribution is -2.44. The van der Waals surface area contributed by atoms with Gasteiger partial charge in [-0.15, -0.1) is 11.3 Å². The number of likely N-dealkylation sites (N-methyl/N-ethyl adjacent to an activating group) is 1. The zero-order valence-electron chi connectivity index (χ0n) is 19.7. The Morgan fingerprint density at radius 3 is 2.65 bits per heavy atom. The van der Waals surface area contributed by atoms with Crippen LogP contribution in [0.5, 0.6) is 0 Å².